The summed E-state index contributed by atoms with van der Waals surface area (Å²) in [6.07, 6.45) is 1.79. The molecule has 2 N–H and O–H groups in total. The molecule has 3 aromatic rings. The lowest BCUT2D eigenvalue weighted by atomic mass is 10.0. The quantitative estimate of drug-likeness (QED) is 0.745. The first kappa shape index (κ1) is 15.7. The lowest BCUT2D eigenvalue weighted by molar-refractivity contribution is 0.0899. The number of carbonyl (C=O) groups is 1. The molecule has 24 heavy (non-hydrogen) atoms. The summed E-state index contributed by atoms with van der Waals surface area (Å²) in [7, 11) is 0. The second-order valence-electron chi connectivity index (χ2n) is 5.34. The van der Waals surface area contributed by atoms with E-state index in [0.717, 1.165) is 5.56 Å². The Morgan fingerprint density at radius 3 is 2.75 bits per heavy atom. The molecule has 1 unspecified atom stereocenters. The van der Waals surface area contributed by atoms with Gasteiger partial charge in [-0.05, 0) is 12.5 Å². The van der Waals surface area contributed by atoms with E-state index in [2.05, 4.69) is 20.4 Å². The molecule has 0 fully saturated rings. The SMILES string of the molecule is Cc1nc(CC(NC(=O)c2ccno2)c2ccccc2)cc(=O)[nH]1. The highest BCUT2D eigenvalue weighted by atomic mass is 16.5. The van der Waals surface area contributed by atoms with Crippen LogP contribution in [0.25, 0.3) is 0 Å². The number of aromatic amines is 1. The van der Waals surface area contributed by atoms with Crippen LogP contribution in [0.1, 0.15) is 33.7 Å². The molecule has 0 aliphatic carbocycles. The van der Waals surface area contributed by atoms with Gasteiger partial charge >= 0.3 is 0 Å². The van der Waals surface area contributed by atoms with E-state index in [9.17, 15) is 9.59 Å². The van der Waals surface area contributed by atoms with Crippen LogP contribution in [0.5, 0.6) is 0 Å². The molecule has 0 saturated carbocycles. The molecule has 0 saturated heterocycles. The number of aryl methyl sites for hydroxylation is 1. The molecule has 7 heteroatoms. The molecule has 0 spiro atoms. The normalized spacial score (nSPS) is 11.9. The molecule has 0 radical (unpaired) electrons. The summed E-state index contributed by atoms with van der Waals surface area (Å²) >= 11 is 0. The van der Waals surface area contributed by atoms with E-state index < -0.39 is 0 Å². The molecule has 1 amide bonds. The summed E-state index contributed by atoms with van der Waals surface area (Å²) < 4.78 is 4.89. The molecule has 7 nitrogen and oxygen atoms in total. The van der Waals surface area contributed by atoms with Crippen molar-refractivity contribution in [3.05, 3.63) is 81.9 Å². The molecule has 0 bridgehead atoms. The van der Waals surface area contributed by atoms with Gasteiger partial charge < -0.3 is 14.8 Å². The van der Waals surface area contributed by atoms with E-state index in [1.807, 2.05) is 30.3 Å². The largest absolute Gasteiger partial charge is 0.351 e. The lowest BCUT2D eigenvalue weighted by Gasteiger charge is -2.18. The predicted molar refractivity (Wildman–Crippen MR) is 86.5 cm³/mol. The standard InChI is InChI=1S/C17H16N4O3/c1-11-19-13(10-16(22)20-11)9-14(12-5-3-2-4-6-12)21-17(23)15-7-8-18-24-15/h2-8,10,14H,9H2,1H3,(H,21,23)(H,19,20,22). The zero-order chi connectivity index (χ0) is 16.9. The van der Waals surface area contributed by atoms with Gasteiger partial charge in [-0.2, -0.15) is 0 Å². The smallest absolute Gasteiger partial charge is 0.290 e. The third kappa shape index (κ3) is 3.75. The van der Waals surface area contributed by atoms with Crippen LogP contribution >= 0.6 is 0 Å². The molecule has 0 aliphatic rings. The minimum Gasteiger partial charge on any atom is -0.351 e. The van der Waals surface area contributed by atoms with Crippen LogP contribution in [-0.2, 0) is 6.42 Å². The van der Waals surface area contributed by atoms with Gasteiger partial charge in [-0.25, -0.2) is 4.98 Å². The summed E-state index contributed by atoms with van der Waals surface area (Å²) in [5.74, 6) is 0.291. The van der Waals surface area contributed by atoms with E-state index in [1.165, 1.54) is 18.3 Å². The number of carbonyl (C=O) groups excluding carboxylic acids is 1. The number of nitrogens with zero attached hydrogens (tertiary/aromatic N) is 2. The van der Waals surface area contributed by atoms with Crippen molar-refractivity contribution in [2.24, 2.45) is 0 Å². The van der Waals surface area contributed by atoms with Crippen LogP contribution < -0.4 is 10.9 Å². The van der Waals surface area contributed by atoms with Crippen molar-refractivity contribution in [2.75, 3.05) is 0 Å². The Labute approximate surface area is 137 Å². The summed E-state index contributed by atoms with van der Waals surface area (Å²) in [5.41, 5.74) is 1.29. The van der Waals surface area contributed by atoms with Gasteiger partial charge in [0.05, 0.1) is 17.9 Å². The fraction of sp³-hybridized carbons (Fsp3) is 0.176. The van der Waals surface area contributed by atoms with Crippen LogP contribution in [0, 0.1) is 6.92 Å². The summed E-state index contributed by atoms with van der Waals surface area (Å²) in [6, 6.07) is 12.1. The highest BCUT2D eigenvalue weighted by Gasteiger charge is 2.19. The molecule has 2 heterocycles. The summed E-state index contributed by atoms with van der Waals surface area (Å²) in [4.78, 5) is 30.8. The van der Waals surface area contributed by atoms with Crippen molar-refractivity contribution in [1.82, 2.24) is 20.4 Å². The number of H-pyrrole nitrogens is 1. The van der Waals surface area contributed by atoms with Crippen LogP contribution in [-0.4, -0.2) is 21.0 Å². The van der Waals surface area contributed by atoms with Gasteiger partial charge in [0.2, 0.25) is 5.76 Å². The average molecular weight is 324 g/mol. The highest BCUT2D eigenvalue weighted by molar-refractivity contribution is 5.91. The Hall–Kier alpha value is -3.22. The summed E-state index contributed by atoms with van der Waals surface area (Å²) in [5, 5.41) is 6.44. The molecule has 3 rings (SSSR count). The van der Waals surface area contributed by atoms with Crippen LogP contribution in [0.2, 0.25) is 0 Å². The molecule has 122 valence electrons. The number of benzene rings is 1. The van der Waals surface area contributed by atoms with E-state index >= 15 is 0 Å². The molecular formula is C17H16N4O3. The molecule has 1 atom stereocenters. The first-order valence-corrected chi connectivity index (χ1v) is 7.45. The maximum absolute atomic E-state index is 12.3. The van der Waals surface area contributed by atoms with Crippen molar-refractivity contribution < 1.29 is 9.32 Å². The van der Waals surface area contributed by atoms with Gasteiger partial charge in [-0.15, -0.1) is 0 Å². The molecule has 2 aromatic heterocycles. The number of nitrogens with one attached hydrogen (secondary N) is 2. The highest BCUT2D eigenvalue weighted by Crippen LogP contribution is 2.18. The summed E-state index contributed by atoms with van der Waals surface area (Å²) in [6.45, 7) is 1.72. The van der Waals surface area contributed by atoms with Crippen molar-refractivity contribution >= 4 is 5.91 Å². The first-order chi connectivity index (χ1) is 11.6. The van der Waals surface area contributed by atoms with Crippen molar-refractivity contribution in [3.8, 4) is 0 Å². The molecule has 1 aromatic carbocycles. The zero-order valence-corrected chi connectivity index (χ0v) is 13.0. The van der Waals surface area contributed by atoms with Crippen molar-refractivity contribution in [3.63, 3.8) is 0 Å². The van der Waals surface area contributed by atoms with Gasteiger partial charge in [0.1, 0.15) is 5.82 Å². The van der Waals surface area contributed by atoms with Crippen LogP contribution in [0.15, 0.2) is 58.0 Å². The van der Waals surface area contributed by atoms with Gasteiger partial charge in [0, 0.05) is 18.6 Å². The number of amides is 1. The van der Waals surface area contributed by atoms with Gasteiger partial charge in [-0.3, -0.25) is 9.59 Å². The van der Waals surface area contributed by atoms with Crippen LogP contribution in [0.3, 0.4) is 0 Å². The molecule has 0 aliphatic heterocycles. The fourth-order valence-corrected chi connectivity index (χ4v) is 2.45. The third-order valence-electron chi connectivity index (χ3n) is 3.50. The van der Waals surface area contributed by atoms with Crippen molar-refractivity contribution in [2.45, 2.75) is 19.4 Å². The van der Waals surface area contributed by atoms with Crippen molar-refractivity contribution in [1.29, 1.82) is 0 Å². The van der Waals surface area contributed by atoms with Gasteiger partial charge in [0.15, 0.2) is 0 Å². The minimum atomic E-state index is -0.372. The number of aromatic nitrogens is 3. The first-order valence-electron chi connectivity index (χ1n) is 7.45. The number of hydrogen-bond acceptors (Lipinski definition) is 5. The monoisotopic (exact) mass is 324 g/mol. The average Bonchev–Trinajstić information content (AvgIpc) is 3.08. The Bertz CT molecular complexity index is 872. The van der Waals surface area contributed by atoms with E-state index in [1.54, 1.807) is 6.92 Å². The lowest BCUT2D eigenvalue weighted by Crippen LogP contribution is -2.30. The number of hydrogen-bond donors (Lipinski definition) is 2. The third-order valence-corrected chi connectivity index (χ3v) is 3.50. The fourth-order valence-electron chi connectivity index (χ4n) is 2.45. The predicted octanol–water partition coefficient (Wildman–Crippen LogP) is 1.78. The maximum atomic E-state index is 12.3. The van der Waals surface area contributed by atoms with Crippen LogP contribution in [0.4, 0.5) is 0 Å². The Morgan fingerprint density at radius 1 is 1.29 bits per heavy atom. The molecular weight excluding hydrogens is 308 g/mol. The van der Waals surface area contributed by atoms with Gasteiger partial charge in [-0.1, -0.05) is 35.5 Å². The van der Waals surface area contributed by atoms with E-state index in [-0.39, 0.29) is 23.3 Å². The van der Waals surface area contributed by atoms with E-state index in [0.29, 0.717) is 17.9 Å². The minimum absolute atomic E-state index is 0.131. The Morgan fingerprint density at radius 2 is 2.08 bits per heavy atom. The number of rotatable bonds is 5. The second kappa shape index (κ2) is 6.91. The Kier molecular flexibility index (Phi) is 4.51. The second-order valence-corrected chi connectivity index (χ2v) is 5.34. The Balaban J connectivity index is 1.87. The van der Waals surface area contributed by atoms with E-state index in [4.69, 9.17) is 4.52 Å². The topological polar surface area (TPSA) is 101 Å². The zero-order valence-electron chi connectivity index (χ0n) is 13.0. The van der Waals surface area contributed by atoms with Gasteiger partial charge in [0.25, 0.3) is 11.5 Å². The maximum Gasteiger partial charge on any atom is 0.290 e.